The summed E-state index contributed by atoms with van der Waals surface area (Å²) in [5, 5.41) is 4.45. The maximum absolute atomic E-state index is 5.94. The number of hydrogen-bond acceptors (Lipinski definition) is 4. The molecule has 0 aromatic carbocycles. The van der Waals surface area contributed by atoms with E-state index in [2.05, 4.69) is 46.9 Å². The highest BCUT2D eigenvalue weighted by molar-refractivity contribution is 5.15. The summed E-state index contributed by atoms with van der Waals surface area (Å²) < 4.78 is 2.09. The van der Waals surface area contributed by atoms with Crippen LogP contribution in [-0.2, 0) is 6.54 Å². The molecule has 0 aliphatic carbocycles. The minimum atomic E-state index is 0.0385. The van der Waals surface area contributed by atoms with E-state index in [0.717, 1.165) is 19.4 Å². The third-order valence-electron chi connectivity index (χ3n) is 4.81. The molecule has 1 aliphatic rings. The maximum atomic E-state index is 5.94. The number of aryl methyl sites for hydroxylation is 1. The maximum Gasteiger partial charge on any atom is 0.0809 e. The van der Waals surface area contributed by atoms with Crippen LogP contribution in [-0.4, -0.2) is 33.3 Å². The molecule has 1 saturated heterocycles. The van der Waals surface area contributed by atoms with E-state index in [1.165, 1.54) is 31.6 Å². The zero-order chi connectivity index (χ0) is 14.6. The summed E-state index contributed by atoms with van der Waals surface area (Å²) in [4.78, 5) is 2.58. The zero-order valence-corrected chi connectivity index (χ0v) is 13.1. The smallest absolute Gasteiger partial charge is 0.0809 e. The van der Waals surface area contributed by atoms with Gasteiger partial charge in [-0.05, 0) is 51.8 Å². The number of nitrogens with two attached hydrogens (primary N) is 1. The molecule has 114 valence electrons. The van der Waals surface area contributed by atoms with Crippen molar-refractivity contribution in [2.24, 2.45) is 5.84 Å². The third-order valence-corrected chi connectivity index (χ3v) is 4.81. The van der Waals surface area contributed by atoms with Gasteiger partial charge in [-0.3, -0.25) is 15.4 Å². The van der Waals surface area contributed by atoms with Crippen molar-refractivity contribution >= 4 is 0 Å². The van der Waals surface area contributed by atoms with Gasteiger partial charge in [0.25, 0.3) is 0 Å². The fourth-order valence-corrected chi connectivity index (χ4v) is 3.41. The molecule has 1 aliphatic heterocycles. The van der Waals surface area contributed by atoms with Crippen LogP contribution in [0.2, 0.25) is 0 Å². The topological polar surface area (TPSA) is 59.1 Å². The van der Waals surface area contributed by atoms with Crippen molar-refractivity contribution in [2.45, 2.75) is 64.6 Å². The van der Waals surface area contributed by atoms with Gasteiger partial charge in [-0.1, -0.05) is 13.8 Å². The van der Waals surface area contributed by atoms with Crippen molar-refractivity contribution < 1.29 is 0 Å². The summed E-state index contributed by atoms with van der Waals surface area (Å²) in [5.74, 6) is 5.94. The summed E-state index contributed by atoms with van der Waals surface area (Å²) in [6.45, 7) is 10.0. The monoisotopic (exact) mass is 279 g/mol. The molecule has 2 rings (SSSR count). The summed E-state index contributed by atoms with van der Waals surface area (Å²) in [6, 6.07) is 2.21. The second kappa shape index (κ2) is 6.70. The molecule has 0 bridgehead atoms. The molecule has 1 fully saturated rings. The van der Waals surface area contributed by atoms with Crippen molar-refractivity contribution in [1.29, 1.82) is 0 Å². The van der Waals surface area contributed by atoms with Crippen molar-refractivity contribution in [1.82, 2.24) is 20.1 Å². The Labute approximate surface area is 122 Å². The summed E-state index contributed by atoms with van der Waals surface area (Å²) >= 11 is 0. The van der Waals surface area contributed by atoms with Crippen LogP contribution < -0.4 is 11.3 Å². The van der Waals surface area contributed by atoms with E-state index in [1.54, 1.807) is 0 Å². The van der Waals surface area contributed by atoms with Crippen LogP contribution >= 0.6 is 0 Å². The molecule has 5 heteroatoms. The molecule has 1 aromatic heterocycles. The van der Waals surface area contributed by atoms with E-state index < -0.39 is 0 Å². The lowest BCUT2D eigenvalue weighted by molar-refractivity contribution is 0.0801. The summed E-state index contributed by atoms with van der Waals surface area (Å²) in [6.07, 6.45) is 6.62. The summed E-state index contributed by atoms with van der Waals surface area (Å²) in [7, 11) is 0. The van der Waals surface area contributed by atoms with E-state index in [1.807, 2.05) is 6.20 Å². The first kappa shape index (κ1) is 15.5. The number of nitrogens with one attached hydrogen (secondary N) is 1. The highest BCUT2D eigenvalue weighted by Crippen LogP contribution is 2.36. The molecule has 1 aromatic rings. The van der Waals surface area contributed by atoms with Gasteiger partial charge in [0.15, 0.2) is 0 Å². The van der Waals surface area contributed by atoms with Crippen LogP contribution in [0.25, 0.3) is 0 Å². The second-order valence-corrected chi connectivity index (χ2v) is 5.98. The Bertz CT molecular complexity index is 410. The Hall–Kier alpha value is -0.910. The quantitative estimate of drug-likeness (QED) is 0.592. The van der Waals surface area contributed by atoms with Gasteiger partial charge in [-0.2, -0.15) is 5.10 Å². The molecule has 2 heterocycles. The van der Waals surface area contributed by atoms with Crippen molar-refractivity contribution in [3.05, 3.63) is 18.0 Å². The largest absolute Gasteiger partial charge is 0.296 e. The normalized spacial score (nSPS) is 21.0. The lowest BCUT2D eigenvalue weighted by Gasteiger charge is -2.44. The third kappa shape index (κ3) is 2.75. The first-order valence-electron chi connectivity index (χ1n) is 7.90. The SMILES string of the molecule is CCCn1nccc1C(NN)C(C)(CC)N1CCCC1. The molecular formula is C15H29N5. The Kier molecular flexibility index (Phi) is 5.18. The Balaban J connectivity index is 2.30. The van der Waals surface area contributed by atoms with Gasteiger partial charge in [0.1, 0.15) is 0 Å². The van der Waals surface area contributed by atoms with Gasteiger partial charge < -0.3 is 0 Å². The molecule has 2 atom stereocenters. The standard InChI is InChI=1S/C15H29N5/c1-4-10-20-13(8-9-17-20)14(18-16)15(3,5-2)19-11-6-7-12-19/h8-9,14,18H,4-7,10-12,16H2,1-3H3. The van der Waals surface area contributed by atoms with E-state index >= 15 is 0 Å². The molecular weight excluding hydrogens is 250 g/mol. The fourth-order valence-electron chi connectivity index (χ4n) is 3.41. The average molecular weight is 279 g/mol. The lowest BCUT2D eigenvalue weighted by atomic mass is 9.85. The molecule has 5 nitrogen and oxygen atoms in total. The van der Waals surface area contributed by atoms with Crippen LogP contribution in [0, 0.1) is 0 Å². The molecule has 0 spiro atoms. The van der Waals surface area contributed by atoms with Crippen molar-refractivity contribution in [2.75, 3.05) is 13.1 Å². The number of rotatable bonds is 7. The number of nitrogens with zero attached hydrogens (tertiary/aromatic N) is 3. The number of hydrazine groups is 1. The van der Waals surface area contributed by atoms with E-state index in [0.29, 0.717) is 0 Å². The molecule has 0 amide bonds. The lowest BCUT2D eigenvalue weighted by Crippen LogP contribution is -2.55. The van der Waals surface area contributed by atoms with Crippen LogP contribution in [0.3, 0.4) is 0 Å². The van der Waals surface area contributed by atoms with Gasteiger partial charge in [0.2, 0.25) is 0 Å². The fraction of sp³-hybridized carbons (Fsp3) is 0.800. The highest BCUT2D eigenvalue weighted by Gasteiger charge is 2.41. The van der Waals surface area contributed by atoms with Gasteiger partial charge in [0.05, 0.1) is 11.7 Å². The molecule has 0 radical (unpaired) electrons. The number of likely N-dealkylation sites (tertiary alicyclic amines) is 1. The Morgan fingerprint density at radius 2 is 2.10 bits per heavy atom. The number of aromatic nitrogens is 2. The first-order valence-corrected chi connectivity index (χ1v) is 7.90. The van der Waals surface area contributed by atoms with Crippen LogP contribution in [0.4, 0.5) is 0 Å². The predicted molar refractivity (Wildman–Crippen MR) is 82.1 cm³/mol. The van der Waals surface area contributed by atoms with E-state index in [4.69, 9.17) is 5.84 Å². The molecule has 2 unspecified atom stereocenters. The highest BCUT2D eigenvalue weighted by atomic mass is 15.4. The van der Waals surface area contributed by atoms with Crippen LogP contribution in [0.15, 0.2) is 12.3 Å². The Morgan fingerprint density at radius 3 is 2.65 bits per heavy atom. The minimum absolute atomic E-state index is 0.0385. The Morgan fingerprint density at radius 1 is 1.40 bits per heavy atom. The van der Waals surface area contributed by atoms with Gasteiger partial charge >= 0.3 is 0 Å². The minimum Gasteiger partial charge on any atom is -0.296 e. The second-order valence-electron chi connectivity index (χ2n) is 5.98. The van der Waals surface area contributed by atoms with Gasteiger partial charge in [-0.15, -0.1) is 0 Å². The summed E-state index contributed by atoms with van der Waals surface area (Å²) in [5.41, 5.74) is 4.31. The van der Waals surface area contributed by atoms with Crippen molar-refractivity contribution in [3.8, 4) is 0 Å². The van der Waals surface area contributed by atoms with Crippen LogP contribution in [0.1, 0.15) is 58.2 Å². The van der Waals surface area contributed by atoms with Gasteiger partial charge in [-0.25, -0.2) is 5.43 Å². The van der Waals surface area contributed by atoms with E-state index in [9.17, 15) is 0 Å². The average Bonchev–Trinajstić information content (AvgIpc) is 3.12. The zero-order valence-electron chi connectivity index (χ0n) is 13.1. The van der Waals surface area contributed by atoms with Crippen LogP contribution in [0.5, 0.6) is 0 Å². The van der Waals surface area contributed by atoms with Crippen molar-refractivity contribution in [3.63, 3.8) is 0 Å². The predicted octanol–water partition coefficient (Wildman–Crippen LogP) is 2.06. The molecule has 0 saturated carbocycles. The first-order chi connectivity index (χ1) is 9.67. The van der Waals surface area contributed by atoms with Gasteiger partial charge in [0, 0.05) is 18.3 Å². The van der Waals surface area contributed by atoms with E-state index in [-0.39, 0.29) is 11.6 Å². The molecule has 3 N–H and O–H groups in total. The number of hydrogen-bond donors (Lipinski definition) is 2. The molecule has 20 heavy (non-hydrogen) atoms.